The monoisotopic (exact) mass is 488 g/mol. The molecule has 2 aromatic carbocycles. The van der Waals surface area contributed by atoms with Gasteiger partial charge < -0.3 is 10.2 Å². The molecule has 0 saturated carbocycles. The van der Waals surface area contributed by atoms with E-state index in [2.05, 4.69) is 58.0 Å². The van der Waals surface area contributed by atoms with Gasteiger partial charge in [-0.3, -0.25) is 4.79 Å². The maximum absolute atomic E-state index is 13.1. The van der Waals surface area contributed by atoms with Crippen molar-refractivity contribution >= 4 is 11.4 Å². The van der Waals surface area contributed by atoms with Crippen molar-refractivity contribution in [3.05, 3.63) is 88.5 Å². The van der Waals surface area contributed by atoms with Crippen LogP contribution in [0.3, 0.4) is 0 Å². The molecule has 0 heterocycles. The first-order chi connectivity index (χ1) is 17.4. The van der Waals surface area contributed by atoms with Crippen LogP contribution in [-0.4, -0.2) is 16.0 Å². The number of Topliss-reactive ketones (excluding diaryl/α,β-unsaturated/α-hetero) is 1. The van der Waals surface area contributed by atoms with E-state index in [1.807, 2.05) is 12.2 Å². The number of benzene rings is 2. The maximum atomic E-state index is 13.1. The molecule has 3 nitrogen and oxygen atoms in total. The van der Waals surface area contributed by atoms with E-state index in [4.69, 9.17) is 0 Å². The molecule has 3 heteroatoms. The number of carbonyl (C=O) groups excluding carboxylic acids is 1. The number of phenolic OH excluding ortho intramolecular Hbond substituents is 2. The lowest BCUT2D eigenvalue weighted by molar-refractivity contribution is -0.115. The summed E-state index contributed by atoms with van der Waals surface area (Å²) in [6, 6.07) is 11.5. The molecular formula is C33H44O3. The van der Waals surface area contributed by atoms with E-state index in [1.165, 1.54) is 22.3 Å². The van der Waals surface area contributed by atoms with Gasteiger partial charge in [0, 0.05) is 17.6 Å². The highest BCUT2D eigenvalue weighted by atomic mass is 16.3. The van der Waals surface area contributed by atoms with Crippen LogP contribution in [0.4, 0.5) is 0 Å². The number of allylic oxidation sites excluding steroid dienone is 6. The fourth-order valence-corrected chi connectivity index (χ4v) is 4.42. The van der Waals surface area contributed by atoms with E-state index < -0.39 is 0 Å². The van der Waals surface area contributed by atoms with Crippen LogP contribution < -0.4 is 0 Å². The number of aromatic hydroxyl groups is 2. The van der Waals surface area contributed by atoms with Crippen LogP contribution in [0.15, 0.2) is 66.3 Å². The first-order valence-corrected chi connectivity index (χ1v) is 13.6. The maximum Gasteiger partial charge on any atom is 0.162 e. The smallest absolute Gasteiger partial charge is 0.162 e. The van der Waals surface area contributed by atoms with Gasteiger partial charge in [0.05, 0.1) is 0 Å². The SMILES string of the molecule is C/C=C(/CCCC(=O)C(/C=C\CCCC)=C/CCCc1c(O)cccc1O)c1cc(CC)ccc1C. The van der Waals surface area contributed by atoms with Gasteiger partial charge in [-0.2, -0.15) is 0 Å². The molecule has 0 radical (unpaired) electrons. The van der Waals surface area contributed by atoms with Gasteiger partial charge in [0.25, 0.3) is 0 Å². The standard InChI is InChI=1S/C33H44O3/c1-5-8-9-10-15-28(16-11-12-18-29-32(35)20-14-21-33(29)36)31(34)19-13-17-27(7-3)30-24-26(6-2)23-22-25(30)4/h7,10,14-16,20-24,35-36H,5-6,8-9,11-13,17-19H2,1-4H3/b15-10-,27-7-,28-16+. The molecule has 2 N–H and O–H groups in total. The molecule has 0 amide bonds. The minimum atomic E-state index is 0.120. The molecule has 0 aromatic heterocycles. The number of hydrogen-bond acceptors (Lipinski definition) is 3. The molecule has 36 heavy (non-hydrogen) atoms. The second kappa shape index (κ2) is 15.8. The van der Waals surface area contributed by atoms with Crippen molar-refractivity contribution < 1.29 is 15.0 Å². The number of rotatable bonds is 15. The van der Waals surface area contributed by atoms with Crippen LogP contribution >= 0.6 is 0 Å². The number of aryl methyl sites for hydroxylation is 2. The van der Waals surface area contributed by atoms with Gasteiger partial charge in [-0.15, -0.1) is 0 Å². The minimum Gasteiger partial charge on any atom is -0.508 e. The number of hydrogen-bond donors (Lipinski definition) is 2. The summed E-state index contributed by atoms with van der Waals surface area (Å²) in [5.74, 6) is 0.422. The predicted molar refractivity (Wildman–Crippen MR) is 153 cm³/mol. The highest BCUT2D eigenvalue weighted by Gasteiger charge is 2.11. The average Bonchev–Trinajstić information content (AvgIpc) is 2.87. The lowest BCUT2D eigenvalue weighted by Crippen LogP contribution is -2.02. The second-order valence-corrected chi connectivity index (χ2v) is 9.46. The van der Waals surface area contributed by atoms with E-state index in [-0.39, 0.29) is 17.3 Å². The van der Waals surface area contributed by atoms with Crippen LogP contribution in [0.2, 0.25) is 0 Å². The molecule has 0 bridgehead atoms. The van der Waals surface area contributed by atoms with Gasteiger partial charge in [0.2, 0.25) is 0 Å². The normalized spacial score (nSPS) is 12.4. The van der Waals surface area contributed by atoms with Crippen molar-refractivity contribution in [2.75, 3.05) is 0 Å². The zero-order valence-electron chi connectivity index (χ0n) is 22.6. The molecule has 0 aliphatic rings. The van der Waals surface area contributed by atoms with Gasteiger partial charge in [0.15, 0.2) is 5.78 Å². The van der Waals surface area contributed by atoms with Gasteiger partial charge in [-0.25, -0.2) is 0 Å². The first kappa shape index (κ1) is 29.2. The van der Waals surface area contributed by atoms with Gasteiger partial charge >= 0.3 is 0 Å². The largest absolute Gasteiger partial charge is 0.508 e. The Bertz CT molecular complexity index is 1050. The predicted octanol–water partition coefficient (Wildman–Crippen LogP) is 8.81. The molecule has 2 aromatic rings. The van der Waals surface area contributed by atoms with E-state index in [0.717, 1.165) is 56.9 Å². The van der Waals surface area contributed by atoms with Crippen molar-refractivity contribution in [1.82, 2.24) is 0 Å². The Hall–Kier alpha value is -3.07. The molecule has 0 spiro atoms. The summed E-state index contributed by atoms with van der Waals surface area (Å²) >= 11 is 0. The lowest BCUT2D eigenvalue weighted by Gasteiger charge is -2.12. The van der Waals surface area contributed by atoms with Crippen LogP contribution in [0.1, 0.15) is 94.4 Å². The van der Waals surface area contributed by atoms with Crippen molar-refractivity contribution in [2.24, 2.45) is 0 Å². The van der Waals surface area contributed by atoms with Gasteiger partial charge in [-0.1, -0.05) is 75.3 Å². The quantitative estimate of drug-likeness (QED) is 0.150. The Labute approximate surface area is 218 Å². The summed E-state index contributed by atoms with van der Waals surface area (Å²) < 4.78 is 0. The van der Waals surface area contributed by atoms with E-state index in [1.54, 1.807) is 18.2 Å². The van der Waals surface area contributed by atoms with Gasteiger partial charge in [-0.05, 0) is 93.2 Å². The Morgan fingerprint density at radius 3 is 2.36 bits per heavy atom. The third-order valence-corrected chi connectivity index (χ3v) is 6.72. The zero-order valence-corrected chi connectivity index (χ0v) is 22.6. The number of phenols is 2. The molecular weight excluding hydrogens is 444 g/mol. The minimum absolute atomic E-state index is 0.120. The summed E-state index contributed by atoms with van der Waals surface area (Å²) in [4.78, 5) is 13.1. The molecule has 0 aliphatic heterocycles. The molecule has 0 fully saturated rings. The topological polar surface area (TPSA) is 57.5 Å². The molecule has 2 rings (SSSR count). The van der Waals surface area contributed by atoms with Crippen molar-refractivity contribution in [1.29, 1.82) is 0 Å². The third-order valence-electron chi connectivity index (χ3n) is 6.72. The highest BCUT2D eigenvalue weighted by Crippen LogP contribution is 2.28. The van der Waals surface area contributed by atoms with E-state index in [9.17, 15) is 15.0 Å². The lowest BCUT2D eigenvalue weighted by atomic mass is 9.92. The summed E-state index contributed by atoms with van der Waals surface area (Å²) in [6.45, 7) is 8.58. The number of ketones is 1. The van der Waals surface area contributed by atoms with Crippen LogP contribution in [0, 0.1) is 6.92 Å². The molecule has 0 unspecified atom stereocenters. The van der Waals surface area contributed by atoms with E-state index >= 15 is 0 Å². The van der Waals surface area contributed by atoms with E-state index in [0.29, 0.717) is 18.4 Å². The first-order valence-electron chi connectivity index (χ1n) is 13.6. The van der Waals surface area contributed by atoms with Crippen molar-refractivity contribution in [2.45, 2.75) is 91.9 Å². The molecule has 194 valence electrons. The van der Waals surface area contributed by atoms with Crippen molar-refractivity contribution in [3.8, 4) is 11.5 Å². The molecule has 0 atom stereocenters. The molecule has 0 aliphatic carbocycles. The Morgan fingerprint density at radius 2 is 1.69 bits per heavy atom. The van der Waals surface area contributed by atoms with Crippen LogP contribution in [0.25, 0.3) is 5.57 Å². The zero-order chi connectivity index (χ0) is 26.3. The van der Waals surface area contributed by atoms with Crippen LogP contribution in [-0.2, 0) is 17.6 Å². The second-order valence-electron chi connectivity index (χ2n) is 9.46. The van der Waals surface area contributed by atoms with Gasteiger partial charge in [0.1, 0.15) is 11.5 Å². The number of unbranched alkanes of at least 4 members (excludes halogenated alkanes) is 3. The van der Waals surface area contributed by atoms with Crippen molar-refractivity contribution in [3.63, 3.8) is 0 Å². The summed E-state index contributed by atoms with van der Waals surface area (Å²) in [5.41, 5.74) is 6.57. The highest BCUT2D eigenvalue weighted by molar-refractivity contribution is 5.98. The third kappa shape index (κ3) is 9.18. The molecule has 0 saturated heterocycles. The summed E-state index contributed by atoms with van der Waals surface area (Å²) in [5, 5.41) is 20.0. The van der Waals surface area contributed by atoms with Crippen LogP contribution in [0.5, 0.6) is 11.5 Å². The fourth-order valence-electron chi connectivity index (χ4n) is 4.42. The Kier molecular flexibility index (Phi) is 12.8. The summed E-state index contributed by atoms with van der Waals surface area (Å²) in [6.07, 6.45) is 16.8. The average molecular weight is 489 g/mol. The fraction of sp³-hybridized carbons (Fsp3) is 0.424. The number of carbonyl (C=O) groups is 1. The Balaban J connectivity index is 2.01. The Morgan fingerprint density at radius 1 is 0.944 bits per heavy atom. The summed E-state index contributed by atoms with van der Waals surface area (Å²) in [7, 11) is 0.